The van der Waals surface area contributed by atoms with Crippen LogP contribution in [-0.4, -0.2) is 20.0 Å². The molecule has 25 heavy (non-hydrogen) atoms. The predicted octanol–water partition coefficient (Wildman–Crippen LogP) is 4.60. The second-order valence-corrected chi connectivity index (χ2v) is 6.91. The lowest BCUT2D eigenvalue weighted by Crippen LogP contribution is -2.02. The molecule has 0 unspecified atom stereocenters. The number of aromatic nitrogens is 4. The fourth-order valence-corrected chi connectivity index (χ4v) is 3.49. The Morgan fingerprint density at radius 3 is 2.68 bits per heavy atom. The maximum absolute atomic E-state index is 6.26. The number of hydrogen-bond donors (Lipinski definition) is 1. The van der Waals surface area contributed by atoms with Crippen LogP contribution in [0.5, 0.6) is 0 Å². The summed E-state index contributed by atoms with van der Waals surface area (Å²) in [5.74, 6) is 0.468. The van der Waals surface area contributed by atoms with Crippen LogP contribution in [0.3, 0.4) is 0 Å². The fraction of sp³-hybridized carbons (Fsp3) is 0.0556. The van der Waals surface area contributed by atoms with Gasteiger partial charge in [0.25, 0.3) is 0 Å². The molecule has 7 heteroatoms. The molecule has 0 aliphatic heterocycles. The van der Waals surface area contributed by atoms with Crippen LogP contribution >= 0.6 is 22.9 Å². The number of nitrogens with zero attached hydrogens (tertiary/aromatic N) is 4. The largest absolute Gasteiger partial charge is 0.382 e. The van der Waals surface area contributed by atoms with E-state index in [2.05, 4.69) is 15.3 Å². The van der Waals surface area contributed by atoms with Gasteiger partial charge in [-0.2, -0.15) is 4.68 Å². The Balaban J connectivity index is 1.71. The summed E-state index contributed by atoms with van der Waals surface area (Å²) in [4.78, 5) is 4.64. The zero-order chi connectivity index (χ0) is 17.4. The Morgan fingerprint density at radius 2 is 1.92 bits per heavy atom. The molecule has 4 aromatic rings. The SMILES string of the molecule is Cc1ccc(-n2nnc(-c3nc(-c4cccc(Cl)c4)cs3)c2N)cc1. The third kappa shape index (κ3) is 3.01. The van der Waals surface area contributed by atoms with Gasteiger partial charge < -0.3 is 5.73 Å². The number of nitrogen functional groups attached to an aromatic ring is 1. The van der Waals surface area contributed by atoms with E-state index in [0.29, 0.717) is 16.5 Å². The number of benzene rings is 2. The van der Waals surface area contributed by atoms with Gasteiger partial charge in [-0.05, 0) is 31.2 Å². The molecule has 0 saturated carbocycles. The second-order valence-electron chi connectivity index (χ2n) is 5.62. The predicted molar refractivity (Wildman–Crippen MR) is 102 cm³/mol. The van der Waals surface area contributed by atoms with Crippen LogP contribution in [0.25, 0.3) is 27.6 Å². The van der Waals surface area contributed by atoms with E-state index in [0.717, 1.165) is 22.0 Å². The van der Waals surface area contributed by atoms with Crippen LogP contribution in [0, 0.1) is 6.92 Å². The van der Waals surface area contributed by atoms with E-state index in [1.165, 1.54) is 16.9 Å². The first-order chi connectivity index (χ1) is 12.1. The van der Waals surface area contributed by atoms with Gasteiger partial charge in [0.2, 0.25) is 0 Å². The summed E-state index contributed by atoms with van der Waals surface area (Å²) in [6.07, 6.45) is 0. The zero-order valence-electron chi connectivity index (χ0n) is 13.3. The molecule has 0 aliphatic rings. The molecule has 5 nitrogen and oxygen atoms in total. The van der Waals surface area contributed by atoms with Gasteiger partial charge in [0.15, 0.2) is 11.5 Å². The van der Waals surface area contributed by atoms with Crippen molar-refractivity contribution in [2.24, 2.45) is 0 Å². The van der Waals surface area contributed by atoms with Crippen LogP contribution in [0.4, 0.5) is 5.82 Å². The molecule has 2 heterocycles. The number of halogens is 1. The van der Waals surface area contributed by atoms with Gasteiger partial charge >= 0.3 is 0 Å². The summed E-state index contributed by atoms with van der Waals surface area (Å²) in [6.45, 7) is 2.03. The molecule has 0 spiro atoms. The Bertz CT molecular complexity index is 1040. The highest BCUT2D eigenvalue weighted by molar-refractivity contribution is 7.13. The summed E-state index contributed by atoms with van der Waals surface area (Å²) < 4.78 is 1.62. The molecule has 0 amide bonds. The van der Waals surface area contributed by atoms with Crippen LogP contribution < -0.4 is 5.73 Å². The van der Waals surface area contributed by atoms with Crippen molar-refractivity contribution in [3.05, 3.63) is 64.5 Å². The van der Waals surface area contributed by atoms with E-state index in [1.54, 1.807) is 4.68 Å². The molecule has 0 saturated heterocycles. The number of aryl methyl sites for hydroxylation is 1. The van der Waals surface area contributed by atoms with E-state index in [9.17, 15) is 0 Å². The van der Waals surface area contributed by atoms with Gasteiger partial charge in [-0.25, -0.2) is 4.98 Å². The summed E-state index contributed by atoms with van der Waals surface area (Å²) in [7, 11) is 0. The number of nitrogens with two attached hydrogens (primary N) is 1. The number of hydrogen-bond acceptors (Lipinski definition) is 5. The first-order valence-electron chi connectivity index (χ1n) is 7.62. The van der Waals surface area contributed by atoms with Crippen LogP contribution in [-0.2, 0) is 0 Å². The minimum absolute atomic E-state index is 0.468. The highest BCUT2D eigenvalue weighted by Gasteiger charge is 2.17. The van der Waals surface area contributed by atoms with Crippen molar-refractivity contribution < 1.29 is 0 Å². The Morgan fingerprint density at radius 1 is 1.12 bits per heavy atom. The maximum Gasteiger partial charge on any atom is 0.165 e. The number of thiazole rings is 1. The molecule has 2 aromatic heterocycles. The smallest absolute Gasteiger partial charge is 0.165 e. The second kappa shape index (κ2) is 6.31. The molecule has 0 atom stereocenters. The lowest BCUT2D eigenvalue weighted by atomic mass is 10.2. The molecule has 4 rings (SSSR count). The van der Waals surface area contributed by atoms with Crippen molar-refractivity contribution in [2.45, 2.75) is 6.92 Å². The van der Waals surface area contributed by atoms with E-state index < -0.39 is 0 Å². The summed E-state index contributed by atoms with van der Waals surface area (Å²) >= 11 is 7.53. The molecular formula is C18H14ClN5S. The normalized spacial score (nSPS) is 11.0. The van der Waals surface area contributed by atoms with Crippen molar-refractivity contribution in [2.75, 3.05) is 5.73 Å². The minimum atomic E-state index is 0.468. The van der Waals surface area contributed by atoms with Gasteiger partial charge in [-0.3, -0.25) is 0 Å². The zero-order valence-corrected chi connectivity index (χ0v) is 14.9. The number of rotatable bonds is 3. The van der Waals surface area contributed by atoms with Crippen molar-refractivity contribution in [1.82, 2.24) is 20.0 Å². The molecule has 0 fully saturated rings. The van der Waals surface area contributed by atoms with Crippen LogP contribution in [0.1, 0.15) is 5.56 Å². The molecule has 0 bridgehead atoms. The maximum atomic E-state index is 6.26. The molecule has 124 valence electrons. The highest BCUT2D eigenvalue weighted by Crippen LogP contribution is 2.32. The highest BCUT2D eigenvalue weighted by atomic mass is 35.5. The van der Waals surface area contributed by atoms with Gasteiger partial charge in [-0.1, -0.05) is 46.6 Å². The van der Waals surface area contributed by atoms with Crippen molar-refractivity contribution in [3.63, 3.8) is 0 Å². The van der Waals surface area contributed by atoms with E-state index in [1.807, 2.05) is 60.8 Å². The Hall–Kier alpha value is -2.70. The average molecular weight is 368 g/mol. The fourth-order valence-electron chi connectivity index (χ4n) is 2.48. The lowest BCUT2D eigenvalue weighted by Gasteiger charge is -2.03. The Labute approximate surface area is 153 Å². The first kappa shape index (κ1) is 15.8. The summed E-state index contributed by atoms with van der Waals surface area (Å²) in [5, 5.41) is 11.8. The van der Waals surface area contributed by atoms with Gasteiger partial charge in [0.1, 0.15) is 5.01 Å². The van der Waals surface area contributed by atoms with E-state index in [4.69, 9.17) is 17.3 Å². The van der Waals surface area contributed by atoms with E-state index >= 15 is 0 Å². The van der Waals surface area contributed by atoms with Crippen molar-refractivity contribution in [1.29, 1.82) is 0 Å². The van der Waals surface area contributed by atoms with Crippen molar-refractivity contribution >= 4 is 28.8 Å². The monoisotopic (exact) mass is 367 g/mol. The summed E-state index contributed by atoms with van der Waals surface area (Å²) in [6, 6.07) is 15.5. The average Bonchev–Trinajstić information content (AvgIpc) is 3.22. The lowest BCUT2D eigenvalue weighted by molar-refractivity contribution is 0.810. The standard InChI is InChI=1S/C18H14ClN5S/c1-11-5-7-14(8-6-11)24-17(20)16(22-23-24)18-21-15(10-25-18)12-3-2-4-13(19)9-12/h2-10H,20H2,1H3. The third-order valence-electron chi connectivity index (χ3n) is 3.81. The molecule has 2 N–H and O–H groups in total. The topological polar surface area (TPSA) is 69.6 Å². The number of anilines is 1. The van der Waals surface area contributed by atoms with Crippen LogP contribution in [0.15, 0.2) is 53.9 Å². The van der Waals surface area contributed by atoms with Crippen molar-refractivity contribution in [3.8, 4) is 27.6 Å². The molecular weight excluding hydrogens is 354 g/mol. The Kier molecular flexibility index (Phi) is 3.99. The van der Waals surface area contributed by atoms with E-state index in [-0.39, 0.29) is 0 Å². The van der Waals surface area contributed by atoms with Gasteiger partial charge in [0, 0.05) is 16.0 Å². The third-order valence-corrected chi connectivity index (χ3v) is 4.89. The molecule has 2 aromatic carbocycles. The quantitative estimate of drug-likeness (QED) is 0.574. The van der Waals surface area contributed by atoms with Gasteiger partial charge in [0.05, 0.1) is 11.4 Å². The minimum Gasteiger partial charge on any atom is -0.382 e. The van der Waals surface area contributed by atoms with Gasteiger partial charge in [-0.15, -0.1) is 16.4 Å². The molecule has 0 aliphatic carbocycles. The van der Waals surface area contributed by atoms with Crippen LogP contribution in [0.2, 0.25) is 5.02 Å². The first-order valence-corrected chi connectivity index (χ1v) is 8.87. The summed E-state index contributed by atoms with van der Waals surface area (Å²) in [5.41, 5.74) is 10.7. The molecule has 0 radical (unpaired) electrons.